The summed E-state index contributed by atoms with van der Waals surface area (Å²) in [6.45, 7) is 0.329. The molecule has 0 aliphatic carbocycles. The highest BCUT2D eigenvalue weighted by Gasteiger charge is 1.97. The van der Waals surface area contributed by atoms with Crippen LogP contribution in [0.15, 0.2) is 54.6 Å². The van der Waals surface area contributed by atoms with E-state index in [4.69, 9.17) is 5.11 Å². The lowest BCUT2D eigenvalue weighted by Gasteiger charge is -2.07. The molecule has 112 valence electrons. The number of hydrogen-bond acceptors (Lipinski definition) is 2. The number of aliphatic hydroxyl groups is 1. The first-order valence-corrected chi connectivity index (χ1v) is 7.90. The number of nitrogens with one attached hydrogen (secondary N) is 1. The second-order valence-corrected chi connectivity index (χ2v) is 5.43. The molecule has 0 heterocycles. The Morgan fingerprint density at radius 1 is 0.667 bits per heavy atom. The second kappa shape index (κ2) is 9.19. The minimum absolute atomic E-state index is 0.329. The van der Waals surface area contributed by atoms with Crippen molar-refractivity contribution in [3.63, 3.8) is 0 Å². The van der Waals surface area contributed by atoms with Crippen molar-refractivity contribution in [2.24, 2.45) is 0 Å². The largest absolute Gasteiger partial charge is 0.396 e. The molecule has 0 fully saturated rings. The van der Waals surface area contributed by atoms with Gasteiger partial charge in [0, 0.05) is 18.0 Å². The van der Waals surface area contributed by atoms with E-state index in [0.717, 1.165) is 30.6 Å². The number of aryl methyl sites for hydroxylation is 1. The molecule has 0 radical (unpaired) electrons. The van der Waals surface area contributed by atoms with Crippen LogP contribution in [-0.4, -0.2) is 11.7 Å². The van der Waals surface area contributed by atoms with Crippen molar-refractivity contribution in [1.29, 1.82) is 0 Å². The molecular formula is C19H25NO. The number of hydrogen-bond donors (Lipinski definition) is 2. The van der Waals surface area contributed by atoms with Crippen LogP contribution in [-0.2, 0) is 6.42 Å². The molecule has 0 spiro atoms. The highest BCUT2D eigenvalue weighted by atomic mass is 16.2. The van der Waals surface area contributed by atoms with Crippen LogP contribution in [0.5, 0.6) is 0 Å². The summed E-state index contributed by atoms with van der Waals surface area (Å²) in [4.78, 5) is 0. The molecule has 2 rings (SSSR count). The van der Waals surface area contributed by atoms with Crippen LogP contribution in [0.3, 0.4) is 0 Å². The maximum atomic E-state index is 8.73. The van der Waals surface area contributed by atoms with Crippen LogP contribution >= 0.6 is 0 Å². The van der Waals surface area contributed by atoms with Gasteiger partial charge in [-0.25, -0.2) is 0 Å². The Balaban J connectivity index is 1.72. The molecule has 0 atom stereocenters. The molecule has 0 saturated carbocycles. The molecule has 0 aliphatic heterocycles. The Bertz CT molecular complexity index is 493. The molecule has 2 nitrogen and oxygen atoms in total. The molecule has 21 heavy (non-hydrogen) atoms. The van der Waals surface area contributed by atoms with Crippen LogP contribution < -0.4 is 5.32 Å². The normalized spacial score (nSPS) is 10.5. The molecule has 2 aromatic rings. The second-order valence-electron chi connectivity index (χ2n) is 5.43. The van der Waals surface area contributed by atoms with E-state index in [9.17, 15) is 0 Å². The van der Waals surface area contributed by atoms with Gasteiger partial charge in [-0.15, -0.1) is 0 Å². The molecule has 0 unspecified atom stereocenters. The number of para-hydroxylation sites is 1. The molecule has 0 saturated heterocycles. The van der Waals surface area contributed by atoms with E-state index >= 15 is 0 Å². The maximum Gasteiger partial charge on any atom is 0.0431 e. The Morgan fingerprint density at radius 3 is 2.00 bits per heavy atom. The molecule has 0 aliphatic rings. The predicted octanol–water partition coefficient (Wildman–Crippen LogP) is 4.92. The highest BCUT2D eigenvalue weighted by molar-refractivity contribution is 5.59. The lowest BCUT2D eigenvalue weighted by Crippen LogP contribution is -1.91. The lowest BCUT2D eigenvalue weighted by molar-refractivity contribution is 0.282. The maximum absolute atomic E-state index is 8.73. The van der Waals surface area contributed by atoms with E-state index in [-0.39, 0.29) is 0 Å². The smallest absolute Gasteiger partial charge is 0.0431 e. The summed E-state index contributed by atoms with van der Waals surface area (Å²) in [5.74, 6) is 0. The topological polar surface area (TPSA) is 32.3 Å². The van der Waals surface area contributed by atoms with Crippen molar-refractivity contribution in [3.05, 3.63) is 60.2 Å². The summed E-state index contributed by atoms with van der Waals surface area (Å²) in [6.07, 6.45) is 6.95. The third-order valence-electron chi connectivity index (χ3n) is 3.64. The van der Waals surface area contributed by atoms with E-state index in [1.54, 1.807) is 0 Å². The van der Waals surface area contributed by atoms with Crippen LogP contribution in [0.25, 0.3) is 0 Å². The van der Waals surface area contributed by atoms with E-state index in [0.29, 0.717) is 6.61 Å². The Labute approximate surface area is 127 Å². The van der Waals surface area contributed by atoms with Crippen LogP contribution in [0.2, 0.25) is 0 Å². The summed E-state index contributed by atoms with van der Waals surface area (Å²) in [5, 5.41) is 12.1. The van der Waals surface area contributed by atoms with E-state index < -0.39 is 0 Å². The Hall–Kier alpha value is -1.80. The van der Waals surface area contributed by atoms with Gasteiger partial charge in [0.2, 0.25) is 0 Å². The lowest BCUT2D eigenvalue weighted by atomic mass is 10.1. The highest BCUT2D eigenvalue weighted by Crippen LogP contribution is 2.17. The molecule has 2 aromatic carbocycles. The zero-order chi connectivity index (χ0) is 14.8. The first kappa shape index (κ1) is 15.6. The zero-order valence-electron chi connectivity index (χ0n) is 12.6. The molecule has 0 bridgehead atoms. The minimum atomic E-state index is 0.329. The first-order chi connectivity index (χ1) is 10.4. The fourth-order valence-corrected chi connectivity index (χ4v) is 2.41. The number of anilines is 2. The van der Waals surface area contributed by atoms with E-state index in [1.807, 2.05) is 18.2 Å². The van der Waals surface area contributed by atoms with Gasteiger partial charge < -0.3 is 10.4 Å². The number of benzene rings is 2. The van der Waals surface area contributed by atoms with Gasteiger partial charge in [0.05, 0.1) is 0 Å². The first-order valence-electron chi connectivity index (χ1n) is 7.90. The Morgan fingerprint density at radius 2 is 1.29 bits per heavy atom. The summed E-state index contributed by atoms with van der Waals surface area (Å²) in [6, 6.07) is 18.9. The zero-order valence-corrected chi connectivity index (χ0v) is 12.6. The standard InChI is InChI=1S/C19H25NO/c21-16-8-3-1-2-5-9-17-12-14-19(15-13-17)20-18-10-6-4-7-11-18/h4,6-7,10-15,20-21H,1-3,5,8-9,16H2. The van der Waals surface area contributed by atoms with Gasteiger partial charge in [0.1, 0.15) is 0 Å². The summed E-state index contributed by atoms with van der Waals surface area (Å²) < 4.78 is 0. The predicted molar refractivity (Wildman–Crippen MR) is 90.0 cm³/mol. The van der Waals surface area contributed by atoms with Gasteiger partial charge in [-0.2, -0.15) is 0 Å². The Kier molecular flexibility index (Phi) is 6.82. The van der Waals surface area contributed by atoms with Gasteiger partial charge in [-0.05, 0) is 49.1 Å². The van der Waals surface area contributed by atoms with Crippen molar-refractivity contribution < 1.29 is 5.11 Å². The molecule has 2 heteroatoms. The van der Waals surface area contributed by atoms with Crippen molar-refractivity contribution in [3.8, 4) is 0 Å². The van der Waals surface area contributed by atoms with Gasteiger partial charge >= 0.3 is 0 Å². The summed E-state index contributed by atoms with van der Waals surface area (Å²) >= 11 is 0. The number of unbranched alkanes of at least 4 members (excludes halogenated alkanes) is 4. The van der Waals surface area contributed by atoms with Crippen LogP contribution in [0.1, 0.15) is 37.7 Å². The van der Waals surface area contributed by atoms with Gasteiger partial charge in [-0.3, -0.25) is 0 Å². The average Bonchev–Trinajstić information content (AvgIpc) is 2.53. The van der Waals surface area contributed by atoms with E-state index in [2.05, 4.69) is 41.7 Å². The number of aliphatic hydroxyl groups excluding tert-OH is 1. The van der Waals surface area contributed by atoms with Gasteiger partial charge in [0.25, 0.3) is 0 Å². The third kappa shape index (κ3) is 6.01. The third-order valence-corrected chi connectivity index (χ3v) is 3.64. The van der Waals surface area contributed by atoms with Crippen molar-refractivity contribution in [2.75, 3.05) is 11.9 Å². The molecule has 0 amide bonds. The van der Waals surface area contributed by atoms with Crippen LogP contribution in [0, 0.1) is 0 Å². The van der Waals surface area contributed by atoms with Crippen LogP contribution in [0.4, 0.5) is 11.4 Å². The van der Waals surface area contributed by atoms with E-state index in [1.165, 1.54) is 24.8 Å². The summed E-state index contributed by atoms with van der Waals surface area (Å²) in [7, 11) is 0. The SMILES string of the molecule is OCCCCCCCc1ccc(Nc2ccccc2)cc1. The number of rotatable bonds is 9. The molecule has 2 N–H and O–H groups in total. The fourth-order valence-electron chi connectivity index (χ4n) is 2.41. The minimum Gasteiger partial charge on any atom is -0.396 e. The van der Waals surface area contributed by atoms with Crippen molar-refractivity contribution in [1.82, 2.24) is 0 Å². The monoisotopic (exact) mass is 283 g/mol. The van der Waals surface area contributed by atoms with Gasteiger partial charge in [0.15, 0.2) is 0 Å². The molecule has 0 aromatic heterocycles. The van der Waals surface area contributed by atoms with Crippen molar-refractivity contribution in [2.45, 2.75) is 38.5 Å². The van der Waals surface area contributed by atoms with Gasteiger partial charge in [-0.1, -0.05) is 49.6 Å². The summed E-state index contributed by atoms with van der Waals surface area (Å²) in [5.41, 5.74) is 3.65. The van der Waals surface area contributed by atoms with Crippen molar-refractivity contribution >= 4 is 11.4 Å². The average molecular weight is 283 g/mol. The quantitative estimate of drug-likeness (QED) is 0.640. The molecular weight excluding hydrogens is 258 g/mol. The fraction of sp³-hybridized carbons (Fsp3) is 0.368.